The molecule has 0 aliphatic carbocycles. The molecule has 1 amide bonds. The topological polar surface area (TPSA) is 55.1 Å². The van der Waals surface area contributed by atoms with Crippen molar-refractivity contribution in [3.8, 4) is 0 Å². The highest BCUT2D eigenvalue weighted by Crippen LogP contribution is 2.23. The standard InChI is InChI=1S/C14H24N2OS/c1-4-6-12(13-7-5-8-18-13)16-14(17)11(15)9-10(2)3/h5,7-8,10-12H,4,6,9,15H2,1-3H3,(H,16,17)/t11-,12?/m1/s1. The highest BCUT2D eigenvalue weighted by atomic mass is 32.1. The van der Waals surface area contributed by atoms with E-state index in [1.807, 2.05) is 11.4 Å². The van der Waals surface area contributed by atoms with Crippen molar-refractivity contribution in [3.63, 3.8) is 0 Å². The number of nitrogens with two attached hydrogens (primary N) is 1. The van der Waals surface area contributed by atoms with Crippen molar-refractivity contribution in [2.75, 3.05) is 0 Å². The van der Waals surface area contributed by atoms with Gasteiger partial charge in [-0.05, 0) is 30.2 Å². The van der Waals surface area contributed by atoms with Crippen molar-refractivity contribution in [2.45, 2.75) is 52.1 Å². The van der Waals surface area contributed by atoms with E-state index in [4.69, 9.17) is 5.73 Å². The van der Waals surface area contributed by atoms with Gasteiger partial charge in [-0.3, -0.25) is 4.79 Å². The molecule has 2 atom stereocenters. The Balaban J connectivity index is 2.58. The van der Waals surface area contributed by atoms with Gasteiger partial charge in [0.25, 0.3) is 0 Å². The summed E-state index contributed by atoms with van der Waals surface area (Å²) in [4.78, 5) is 13.2. The maximum atomic E-state index is 12.0. The Kier molecular flexibility index (Phi) is 6.36. The number of rotatable bonds is 7. The van der Waals surface area contributed by atoms with Crippen molar-refractivity contribution >= 4 is 17.2 Å². The first-order valence-electron chi connectivity index (χ1n) is 6.64. The van der Waals surface area contributed by atoms with Gasteiger partial charge in [-0.15, -0.1) is 11.3 Å². The molecule has 18 heavy (non-hydrogen) atoms. The predicted octanol–water partition coefficient (Wildman–Crippen LogP) is 3.08. The van der Waals surface area contributed by atoms with Crippen LogP contribution in [-0.4, -0.2) is 11.9 Å². The molecule has 1 aromatic rings. The molecule has 0 spiro atoms. The molecule has 0 fully saturated rings. The van der Waals surface area contributed by atoms with Crippen LogP contribution in [0.3, 0.4) is 0 Å². The van der Waals surface area contributed by atoms with Crippen LogP contribution in [0.2, 0.25) is 0 Å². The van der Waals surface area contributed by atoms with Gasteiger partial charge in [-0.2, -0.15) is 0 Å². The van der Waals surface area contributed by atoms with Crippen LogP contribution in [0, 0.1) is 5.92 Å². The Morgan fingerprint density at radius 1 is 1.50 bits per heavy atom. The van der Waals surface area contributed by atoms with Gasteiger partial charge < -0.3 is 11.1 Å². The van der Waals surface area contributed by atoms with E-state index in [0.29, 0.717) is 5.92 Å². The number of carbonyl (C=O) groups excluding carboxylic acids is 1. The fraction of sp³-hybridized carbons (Fsp3) is 0.643. The quantitative estimate of drug-likeness (QED) is 0.798. The highest BCUT2D eigenvalue weighted by Gasteiger charge is 2.20. The van der Waals surface area contributed by atoms with Gasteiger partial charge in [0.1, 0.15) is 0 Å². The SMILES string of the molecule is CCCC(NC(=O)[C@H](N)CC(C)C)c1cccs1. The molecule has 0 saturated heterocycles. The smallest absolute Gasteiger partial charge is 0.237 e. The first-order valence-corrected chi connectivity index (χ1v) is 7.51. The fourth-order valence-electron chi connectivity index (χ4n) is 1.96. The Bertz CT molecular complexity index is 349. The fourth-order valence-corrected chi connectivity index (χ4v) is 2.77. The second-order valence-electron chi connectivity index (χ2n) is 5.10. The molecule has 4 heteroatoms. The van der Waals surface area contributed by atoms with Crippen LogP contribution in [0.25, 0.3) is 0 Å². The lowest BCUT2D eigenvalue weighted by molar-refractivity contribution is -0.123. The van der Waals surface area contributed by atoms with Crippen molar-refractivity contribution in [1.82, 2.24) is 5.32 Å². The Labute approximate surface area is 114 Å². The summed E-state index contributed by atoms with van der Waals surface area (Å²) in [5, 5.41) is 5.11. The molecule has 1 rings (SSSR count). The Hall–Kier alpha value is -0.870. The third-order valence-corrected chi connectivity index (χ3v) is 3.83. The average molecular weight is 268 g/mol. The molecule has 1 unspecified atom stereocenters. The van der Waals surface area contributed by atoms with Crippen LogP contribution in [0.4, 0.5) is 0 Å². The second-order valence-corrected chi connectivity index (χ2v) is 6.08. The number of hydrogen-bond donors (Lipinski definition) is 2. The van der Waals surface area contributed by atoms with Crippen LogP contribution >= 0.6 is 11.3 Å². The summed E-state index contributed by atoms with van der Waals surface area (Å²) in [6.07, 6.45) is 2.73. The van der Waals surface area contributed by atoms with Crippen molar-refractivity contribution < 1.29 is 4.79 Å². The van der Waals surface area contributed by atoms with Gasteiger partial charge in [0.15, 0.2) is 0 Å². The van der Waals surface area contributed by atoms with E-state index in [2.05, 4.69) is 32.2 Å². The molecule has 0 aliphatic rings. The van der Waals surface area contributed by atoms with E-state index >= 15 is 0 Å². The summed E-state index contributed by atoms with van der Waals surface area (Å²) in [5.41, 5.74) is 5.91. The Morgan fingerprint density at radius 3 is 2.72 bits per heavy atom. The van der Waals surface area contributed by atoms with E-state index in [0.717, 1.165) is 19.3 Å². The van der Waals surface area contributed by atoms with Gasteiger partial charge in [-0.25, -0.2) is 0 Å². The van der Waals surface area contributed by atoms with Crippen molar-refractivity contribution in [1.29, 1.82) is 0 Å². The predicted molar refractivity (Wildman–Crippen MR) is 77.5 cm³/mol. The third-order valence-electron chi connectivity index (χ3n) is 2.84. The van der Waals surface area contributed by atoms with Crippen LogP contribution in [-0.2, 0) is 4.79 Å². The van der Waals surface area contributed by atoms with Crippen LogP contribution < -0.4 is 11.1 Å². The lowest BCUT2D eigenvalue weighted by Crippen LogP contribution is -2.42. The lowest BCUT2D eigenvalue weighted by Gasteiger charge is -2.20. The monoisotopic (exact) mass is 268 g/mol. The molecule has 3 nitrogen and oxygen atoms in total. The zero-order valence-corrected chi connectivity index (χ0v) is 12.3. The van der Waals surface area contributed by atoms with Gasteiger partial charge in [0.05, 0.1) is 12.1 Å². The molecule has 0 bridgehead atoms. The van der Waals surface area contributed by atoms with Gasteiger partial charge >= 0.3 is 0 Å². The maximum Gasteiger partial charge on any atom is 0.237 e. The van der Waals surface area contributed by atoms with Crippen LogP contribution in [0.1, 0.15) is 51.0 Å². The van der Waals surface area contributed by atoms with E-state index in [-0.39, 0.29) is 11.9 Å². The lowest BCUT2D eigenvalue weighted by atomic mass is 10.0. The zero-order valence-electron chi connectivity index (χ0n) is 11.5. The summed E-state index contributed by atoms with van der Waals surface area (Å²) in [6, 6.07) is 3.80. The molecule has 102 valence electrons. The number of hydrogen-bond acceptors (Lipinski definition) is 3. The number of amides is 1. The highest BCUT2D eigenvalue weighted by molar-refractivity contribution is 7.10. The largest absolute Gasteiger partial charge is 0.347 e. The molecular weight excluding hydrogens is 244 g/mol. The third kappa shape index (κ3) is 4.78. The van der Waals surface area contributed by atoms with E-state index in [1.54, 1.807) is 11.3 Å². The molecule has 0 saturated carbocycles. The minimum Gasteiger partial charge on any atom is -0.347 e. The normalized spacial score (nSPS) is 14.5. The summed E-state index contributed by atoms with van der Waals surface area (Å²) in [7, 11) is 0. The molecule has 0 aliphatic heterocycles. The molecule has 3 N–H and O–H groups in total. The first kappa shape index (κ1) is 15.2. The molecular formula is C14H24N2OS. The minimum absolute atomic E-state index is 0.0319. The first-order chi connectivity index (χ1) is 8.54. The van der Waals surface area contributed by atoms with E-state index in [9.17, 15) is 4.79 Å². The summed E-state index contributed by atoms with van der Waals surface area (Å²) in [6.45, 7) is 6.28. The minimum atomic E-state index is -0.399. The number of nitrogens with one attached hydrogen (secondary N) is 1. The second kappa shape index (κ2) is 7.54. The molecule has 0 aromatic carbocycles. The summed E-state index contributed by atoms with van der Waals surface area (Å²) < 4.78 is 0. The number of thiophene rings is 1. The maximum absolute atomic E-state index is 12.0. The summed E-state index contributed by atoms with van der Waals surface area (Å²) in [5.74, 6) is 0.410. The molecule has 0 radical (unpaired) electrons. The molecule has 1 aromatic heterocycles. The average Bonchev–Trinajstić information content (AvgIpc) is 2.80. The van der Waals surface area contributed by atoms with Gasteiger partial charge in [-0.1, -0.05) is 33.3 Å². The van der Waals surface area contributed by atoms with E-state index in [1.165, 1.54) is 4.88 Å². The summed E-state index contributed by atoms with van der Waals surface area (Å²) >= 11 is 1.68. The Morgan fingerprint density at radius 2 is 2.22 bits per heavy atom. The van der Waals surface area contributed by atoms with Crippen LogP contribution in [0.15, 0.2) is 17.5 Å². The van der Waals surface area contributed by atoms with Crippen molar-refractivity contribution in [2.24, 2.45) is 11.7 Å². The van der Waals surface area contributed by atoms with E-state index < -0.39 is 6.04 Å². The van der Waals surface area contributed by atoms with Crippen LogP contribution in [0.5, 0.6) is 0 Å². The van der Waals surface area contributed by atoms with Crippen molar-refractivity contribution in [3.05, 3.63) is 22.4 Å². The number of carbonyl (C=O) groups is 1. The zero-order chi connectivity index (χ0) is 13.5. The molecule has 1 heterocycles. The van der Waals surface area contributed by atoms with Gasteiger partial charge in [0.2, 0.25) is 5.91 Å². The van der Waals surface area contributed by atoms with Gasteiger partial charge in [0, 0.05) is 4.88 Å².